The second kappa shape index (κ2) is 10.6. The summed E-state index contributed by atoms with van der Waals surface area (Å²) in [4.78, 5) is 27.1. The van der Waals surface area contributed by atoms with Gasteiger partial charge in [-0.2, -0.15) is 0 Å². The van der Waals surface area contributed by atoms with Crippen molar-refractivity contribution in [3.8, 4) is 11.3 Å². The van der Waals surface area contributed by atoms with Crippen LogP contribution in [-0.2, 0) is 4.74 Å². The van der Waals surface area contributed by atoms with Crippen molar-refractivity contribution < 1.29 is 18.7 Å². The van der Waals surface area contributed by atoms with Crippen molar-refractivity contribution in [1.82, 2.24) is 10.2 Å². The van der Waals surface area contributed by atoms with E-state index in [1.165, 1.54) is 0 Å². The van der Waals surface area contributed by atoms with E-state index >= 15 is 0 Å². The number of thiocarbonyl (C=S) groups is 1. The van der Waals surface area contributed by atoms with Crippen molar-refractivity contribution in [2.24, 2.45) is 0 Å². The molecule has 0 atom stereocenters. The standard InChI is InChI=1S/C24H21Cl2N3O4S/c1-14-2-3-15(12-18(14)26)20-6-7-21(33-20)22(30)28-24(34)27-19-13-16(4-5-17(19)25)23(31)29-8-10-32-11-9-29/h2-7,12-13H,8-11H2,1H3,(H2,27,28,30,34). The largest absolute Gasteiger partial charge is 0.451 e. The quantitative estimate of drug-likeness (QED) is 0.465. The molecule has 1 aliphatic rings. The molecule has 4 rings (SSSR count). The summed E-state index contributed by atoms with van der Waals surface area (Å²) in [7, 11) is 0. The lowest BCUT2D eigenvalue weighted by atomic mass is 10.1. The second-order valence-corrected chi connectivity index (χ2v) is 8.86. The van der Waals surface area contributed by atoms with Gasteiger partial charge in [0.25, 0.3) is 11.8 Å². The first kappa shape index (κ1) is 24.2. The van der Waals surface area contributed by atoms with Gasteiger partial charge in [-0.1, -0.05) is 35.3 Å². The Balaban J connectivity index is 1.41. The van der Waals surface area contributed by atoms with E-state index in [-0.39, 0.29) is 16.8 Å². The maximum Gasteiger partial charge on any atom is 0.293 e. The van der Waals surface area contributed by atoms with Gasteiger partial charge >= 0.3 is 0 Å². The highest BCUT2D eigenvalue weighted by Gasteiger charge is 2.20. The highest BCUT2D eigenvalue weighted by molar-refractivity contribution is 7.80. The number of hydrogen-bond acceptors (Lipinski definition) is 5. The normalized spacial score (nSPS) is 13.4. The summed E-state index contributed by atoms with van der Waals surface area (Å²) in [6.07, 6.45) is 0. The van der Waals surface area contributed by atoms with E-state index in [9.17, 15) is 9.59 Å². The number of aryl methyl sites for hydroxylation is 1. The molecule has 0 saturated carbocycles. The van der Waals surface area contributed by atoms with Gasteiger partial charge in [-0.25, -0.2) is 0 Å². The molecule has 0 unspecified atom stereocenters. The highest BCUT2D eigenvalue weighted by Crippen LogP contribution is 2.27. The average molecular weight is 518 g/mol. The molecule has 2 amide bonds. The van der Waals surface area contributed by atoms with Crippen molar-refractivity contribution in [2.45, 2.75) is 6.92 Å². The Morgan fingerprint density at radius 1 is 1.00 bits per heavy atom. The fourth-order valence-electron chi connectivity index (χ4n) is 3.38. The lowest BCUT2D eigenvalue weighted by molar-refractivity contribution is 0.0303. The summed E-state index contributed by atoms with van der Waals surface area (Å²) >= 11 is 17.7. The fourth-order valence-corrected chi connectivity index (χ4v) is 3.93. The lowest BCUT2D eigenvalue weighted by Gasteiger charge is -2.27. The number of nitrogens with zero attached hydrogens (tertiary/aromatic N) is 1. The third-order valence-electron chi connectivity index (χ3n) is 5.27. The van der Waals surface area contributed by atoms with Crippen LogP contribution in [-0.4, -0.2) is 48.1 Å². The van der Waals surface area contributed by atoms with Crippen LogP contribution in [0.5, 0.6) is 0 Å². The van der Waals surface area contributed by atoms with Crippen LogP contribution in [0.4, 0.5) is 5.69 Å². The van der Waals surface area contributed by atoms with Crippen LogP contribution in [0.2, 0.25) is 10.0 Å². The molecule has 2 aromatic carbocycles. The number of anilines is 1. The van der Waals surface area contributed by atoms with Crippen molar-refractivity contribution in [1.29, 1.82) is 0 Å². The Bertz CT molecular complexity index is 1250. The van der Waals surface area contributed by atoms with E-state index in [0.29, 0.717) is 53.4 Å². The Labute approximate surface area is 212 Å². The van der Waals surface area contributed by atoms with Crippen LogP contribution in [0.3, 0.4) is 0 Å². The molecule has 34 heavy (non-hydrogen) atoms. The van der Waals surface area contributed by atoms with Crippen LogP contribution in [0.1, 0.15) is 26.5 Å². The van der Waals surface area contributed by atoms with E-state index in [1.807, 2.05) is 19.1 Å². The van der Waals surface area contributed by atoms with Gasteiger partial charge in [-0.15, -0.1) is 0 Å². The summed E-state index contributed by atoms with van der Waals surface area (Å²) in [5, 5.41) is 6.41. The van der Waals surface area contributed by atoms with E-state index < -0.39 is 5.91 Å². The van der Waals surface area contributed by atoms with Crippen LogP contribution in [0.25, 0.3) is 11.3 Å². The zero-order valence-electron chi connectivity index (χ0n) is 18.2. The van der Waals surface area contributed by atoms with Gasteiger partial charge in [0, 0.05) is 29.2 Å². The number of ether oxygens (including phenoxy) is 1. The molecule has 0 spiro atoms. The second-order valence-electron chi connectivity index (χ2n) is 7.64. The minimum atomic E-state index is -0.529. The molecule has 1 aliphatic heterocycles. The average Bonchev–Trinajstić information content (AvgIpc) is 3.33. The van der Waals surface area contributed by atoms with Crippen molar-refractivity contribution in [2.75, 3.05) is 31.6 Å². The van der Waals surface area contributed by atoms with E-state index in [4.69, 9.17) is 44.6 Å². The molecule has 1 fully saturated rings. The third-order valence-corrected chi connectivity index (χ3v) is 6.21. The first-order valence-electron chi connectivity index (χ1n) is 10.5. The first-order chi connectivity index (χ1) is 16.3. The smallest absolute Gasteiger partial charge is 0.293 e. The molecule has 10 heteroatoms. The predicted molar refractivity (Wildman–Crippen MR) is 136 cm³/mol. The zero-order valence-corrected chi connectivity index (χ0v) is 20.5. The van der Waals surface area contributed by atoms with Gasteiger partial charge in [0.2, 0.25) is 0 Å². The number of furan rings is 1. The van der Waals surface area contributed by atoms with Crippen LogP contribution < -0.4 is 10.6 Å². The number of carbonyl (C=O) groups excluding carboxylic acids is 2. The number of rotatable bonds is 4. The third kappa shape index (κ3) is 5.59. The summed E-state index contributed by atoms with van der Waals surface area (Å²) in [6, 6.07) is 13.6. The summed E-state index contributed by atoms with van der Waals surface area (Å²) in [5.41, 5.74) is 2.56. The molecule has 2 heterocycles. The number of carbonyl (C=O) groups is 2. The van der Waals surface area contributed by atoms with Gasteiger partial charge in [0.05, 0.1) is 23.9 Å². The molecule has 1 saturated heterocycles. The Kier molecular flexibility index (Phi) is 7.53. The minimum absolute atomic E-state index is 0.0131. The number of benzene rings is 2. The SMILES string of the molecule is Cc1ccc(-c2ccc(C(=O)NC(=S)Nc3cc(C(=O)N4CCOCC4)ccc3Cl)o2)cc1Cl. The predicted octanol–water partition coefficient (Wildman–Crippen LogP) is 5.16. The van der Waals surface area contributed by atoms with E-state index in [2.05, 4.69) is 10.6 Å². The maximum atomic E-state index is 12.7. The van der Waals surface area contributed by atoms with Gasteiger partial charge < -0.3 is 19.4 Å². The molecule has 2 N–H and O–H groups in total. The summed E-state index contributed by atoms with van der Waals surface area (Å²) in [6.45, 7) is 3.97. The molecule has 176 valence electrons. The molecule has 0 bridgehead atoms. The highest BCUT2D eigenvalue weighted by atomic mass is 35.5. The van der Waals surface area contributed by atoms with Crippen LogP contribution >= 0.6 is 35.4 Å². The molecule has 7 nitrogen and oxygen atoms in total. The lowest BCUT2D eigenvalue weighted by Crippen LogP contribution is -2.40. The van der Waals surface area contributed by atoms with Gasteiger partial charge in [0.15, 0.2) is 10.9 Å². The zero-order chi connectivity index (χ0) is 24.2. The fraction of sp³-hybridized carbons (Fsp3) is 0.208. The van der Waals surface area contributed by atoms with E-state index in [1.54, 1.807) is 41.3 Å². The summed E-state index contributed by atoms with van der Waals surface area (Å²) in [5.74, 6) is -0.0718. The molecule has 1 aromatic heterocycles. The van der Waals surface area contributed by atoms with Gasteiger partial charge in [0.1, 0.15) is 5.76 Å². The Hall–Kier alpha value is -2.91. The topological polar surface area (TPSA) is 83.8 Å². The van der Waals surface area contributed by atoms with Crippen molar-refractivity contribution >= 4 is 58.0 Å². The van der Waals surface area contributed by atoms with Gasteiger partial charge in [-0.3, -0.25) is 14.9 Å². The molecular weight excluding hydrogens is 497 g/mol. The first-order valence-corrected chi connectivity index (χ1v) is 11.6. The number of halogens is 2. The maximum absolute atomic E-state index is 12.7. The Morgan fingerprint density at radius 2 is 1.76 bits per heavy atom. The number of nitrogens with one attached hydrogen (secondary N) is 2. The molecule has 0 aliphatic carbocycles. The van der Waals surface area contributed by atoms with Gasteiger partial charge in [-0.05, 0) is 61.1 Å². The molecule has 3 aromatic rings. The van der Waals surface area contributed by atoms with Crippen molar-refractivity contribution in [3.05, 3.63) is 75.5 Å². The van der Waals surface area contributed by atoms with Crippen molar-refractivity contribution in [3.63, 3.8) is 0 Å². The number of morpholine rings is 1. The monoisotopic (exact) mass is 517 g/mol. The van der Waals surface area contributed by atoms with E-state index in [0.717, 1.165) is 11.1 Å². The number of amides is 2. The summed E-state index contributed by atoms with van der Waals surface area (Å²) < 4.78 is 11.0. The number of hydrogen-bond donors (Lipinski definition) is 2. The van der Waals surface area contributed by atoms with Crippen LogP contribution in [0.15, 0.2) is 52.9 Å². The Morgan fingerprint density at radius 3 is 2.50 bits per heavy atom. The molecule has 0 radical (unpaired) electrons. The molecular formula is C24H21Cl2N3O4S. The minimum Gasteiger partial charge on any atom is -0.451 e. The van der Waals surface area contributed by atoms with Crippen LogP contribution in [0, 0.1) is 6.92 Å².